The van der Waals surface area contributed by atoms with Crippen molar-refractivity contribution in [2.75, 3.05) is 0 Å². The third-order valence-electron chi connectivity index (χ3n) is 3.49. The maximum atomic E-state index is 12.5. The second kappa shape index (κ2) is 7.79. The lowest BCUT2D eigenvalue weighted by molar-refractivity contribution is -0.122. The van der Waals surface area contributed by atoms with Gasteiger partial charge in [-0.15, -0.1) is 0 Å². The number of halogens is 1. The van der Waals surface area contributed by atoms with Gasteiger partial charge < -0.3 is 0 Å². The monoisotopic (exact) mass is 371 g/mol. The number of nitrogens with zero attached hydrogens (tertiary/aromatic N) is 1. The first kappa shape index (κ1) is 17.0. The number of carbonyl (C=O) groups is 1. The Labute approximate surface area is 155 Å². The first-order chi connectivity index (χ1) is 11.6. The average molecular weight is 372 g/mol. The Hall–Kier alpha value is -1.88. The summed E-state index contributed by atoms with van der Waals surface area (Å²) in [6, 6.07) is 17.4. The molecule has 0 N–H and O–H groups in total. The molecular formula is C19H14ClNOS2. The van der Waals surface area contributed by atoms with E-state index in [9.17, 15) is 4.79 Å². The Bertz CT molecular complexity index is 830. The van der Waals surface area contributed by atoms with Crippen LogP contribution in [0.3, 0.4) is 0 Å². The smallest absolute Gasteiger partial charge is 0.266 e. The van der Waals surface area contributed by atoms with Crippen LogP contribution in [0, 0.1) is 0 Å². The van der Waals surface area contributed by atoms with Crippen LogP contribution in [0.5, 0.6) is 0 Å². The molecule has 1 aliphatic rings. The van der Waals surface area contributed by atoms with Crippen LogP contribution in [-0.2, 0) is 11.3 Å². The topological polar surface area (TPSA) is 20.3 Å². The van der Waals surface area contributed by atoms with Crippen molar-refractivity contribution in [2.45, 2.75) is 6.54 Å². The van der Waals surface area contributed by atoms with Gasteiger partial charge in [0, 0.05) is 5.02 Å². The number of carbonyl (C=O) groups excluding carboxylic acids is 1. The predicted molar refractivity (Wildman–Crippen MR) is 106 cm³/mol. The van der Waals surface area contributed by atoms with E-state index in [1.165, 1.54) is 11.8 Å². The van der Waals surface area contributed by atoms with E-state index in [1.54, 1.807) is 11.0 Å². The van der Waals surface area contributed by atoms with Gasteiger partial charge >= 0.3 is 0 Å². The summed E-state index contributed by atoms with van der Waals surface area (Å²) in [4.78, 5) is 14.8. The van der Waals surface area contributed by atoms with Crippen LogP contribution >= 0.6 is 35.6 Å². The summed E-state index contributed by atoms with van der Waals surface area (Å²) in [5.74, 6) is -0.0577. The van der Waals surface area contributed by atoms with E-state index < -0.39 is 0 Å². The predicted octanol–water partition coefficient (Wildman–Crippen LogP) is 5.30. The fourth-order valence-corrected chi connectivity index (χ4v) is 3.67. The first-order valence-corrected chi connectivity index (χ1v) is 8.96. The lowest BCUT2D eigenvalue weighted by Gasteiger charge is -2.14. The van der Waals surface area contributed by atoms with E-state index in [2.05, 4.69) is 0 Å². The molecule has 0 spiro atoms. The second-order valence-electron chi connectivity index (χ2n) is 5.16. The van der Waals surface area contributed by atoms with Gasteiger partial charge in [-0.25, -0.2) is 0 Å². The van der Waals surface area contributed by atoms with Gasteiger partial charge in [-0.3, -0.25) is 9.69 Å². The van der Waals surface area contributed by atoms with Gasteiger partial charge in [0.2, 0.25) is 0 Å². The molecule has 1 aliphatic heterocycles. The summed E-state index contributed by atoms with van der Waals surface area (Å²) in [5.41, 5.74) is 1.97. The summed E-state index contributed by atoms with van der Waals surface area (Å²) in [6.45, 7) is 0.497. The van der Waals surface area contributed by atoms with Crippen molar-refractivity contribution in [3.05, 3.63) is 87.8 Å². The standard InChI is InChI=1S/C19H14ClNOS2/c20-16-11-5-4-9-15(16)10-6-12-17-18(22)21(19(23)24-17)13-14-7-2-1-3-8-14/h1-12H,13H2/b10-6+,17-12?. The summed E-state index contributed by atoms with van der Waals surface area (Å²) in [5, 5.41) is 0.679. The highest BCUT2D eigenvalue weighted by atomic mass is 35.5. The summed E-state index contributed by atoms with van der Waals surface area (Å²) in [6.07, 6.45) is 5.50. The number of rotatable bonds is 4. The van der Waals surface area contributed by atoms with E-state index in [0.717, 1.165) is 11.1 Å². The van der Waals surface area contributed by atoms with Crippen molar-refractivity contribution in [1.29, 1.82) is 0 Å². The highest BCUT2D eigenvalue weighted by Gasteiger charge is 2.31. The molecule has 1 saturated heterocycles. The first-order valence-electron chi connectivity index (χ1n) is 7.35. The molecule has 0 aliphatic carbocycles. The Morgan fingerprint density at radius 1 is 1.08 bits per heavy atom. The zero-order valence-electron chi connectivity index (χ0n) is 12.7. The molecule has 5 heteroatoms. The molecule has 2 aromatic carbocycles. The maximum absolute atomic E-state index is 12.5. The van der Waals surface area contributed by atoms with Crippen LogP contribution < -0.4 is 0 Å². The highest BCUT2D eigenvalue weighted by Crippen LogP contribution is 2.32. The number of hydrogen-bond acceptors (Lipinski definition) is 3. The Morgan fingerprint density at radius 3 is 2.54 bits per heavy atom. The normalized spacial score (nSPS) is 16.5. The van der Waals surface area contributed by atoms with Crippen molar-refractivity contribution in [3.8, 4) is 0 Å². The summed E-state index contributed by atoms with van der Waals surface area (Å²) in [7, 11) is 0. The SMILES string of the molecule is O=C1C(=C/C=C/c2ccccc2Cl)SC(=S)N1Cc1ccccc1. The fraction of sp³-hybridized carbons (Fsp3) is 0.0526. The molecule has 1 amide bonds. The number of hydrogen-bond donors (Lipinski definition) is 0. The van der Waals surface area contributed by atoms with Crippen LogP contribution in [0.2, 0.25) is 5.02 Å². The van der Waals surface area contributed by atoms with Crippen LogP contribution in [0.1, 0.15) is 11.1 Å². The van der Waals surface area contributed by atoms with Gasteiger partial charge in [0.1, 0.15) is 4.32 Å². The van der Waals surface area contributed by atoms with Gasteiger partial charge in [-0.05, 0) is 23.3 Å². The Morgan fingerprint density at radius 2 is 1.79 bits per heavy atom. The van der Waals surface area contributed by atoms with E-state index in [-0.39, 0.29) is 5.91 Å². The van der Waals surface area contributed by atoms with Gasteiger partial charge in [0.25, 0.3) is 5.91 Å². The number of thiocarbonyl (C=S) groups is 1. The highest BCUT2D eigenvalue weighted by molar-refractivity contribution is 8.26. The van der Waals surface area contributed by atoms with Gasteiger partial charge in [0.15, 0.2) is 0 Å². The van der Waals surface area contributed by atoms with Gasteiger partial charge in [-0.1, -0.05) is 96.3 Å². The van der Waals surface area contributed by atoms with E-state index in [1.807, 2.05) is 66.7 Å². The van der Waals surface area contributed by atoms with Crippen LogP contribution in [-0.4, -0.2) is 15.1 Å². The maximum Gasteiger partial charge on any atom is 0.266 e. The van der Waals surface area contributed by atoms with Crippen molar-refractivity contribution < 1.29 is 4.79 Å². The third kappa shape index (κ3) is 3.96. The molecule has 0 bridgehead atoms. The largest absolute Gasteiger partial charge is 0.288 e. The number of amides is 1. The molecule has 1 fully saturated rings. The van der Waals surface area contributed by atoms with Crippen LogP contribution in [0.4, 0.5) is 0 Å². The number of thioether (sulfide) groups is 1. The minimum Gasteiger partial charge on any atom is -0.288 e. The van der Waals surface area contributed by atoms with E-state index in [0.29, 0.717) is 20.8 Å². The number of allylic oxidation sites excluding steroid dienone is 2. The Balaban J connectivity index is 1.73. The van der Waals surface area contributed by atoms with Crippen molar-refractivity contribution in [1.82, 2.24) is 4.90 Å². The average Bonchev–Trinajstić information content (AvgIpc) is 2.85. The number of benzene rings is 2. The van der Waals surface area contributed by atoms with E-state index in [4.69, 9.17) is 23.8 Å². The zero-order chi connectivity index (χ0) is 16.9. The molecule has 2 nitrogen and oxygen atoms in total. The molecule has 3 rings (SSSR count). The van der Waals surface area contributed by atoms with Gasteiger partial charge in [-0.2, -0.15) is 0 Å². The molecule has 0 aromatic heterocycles. The summed E-state index contributed by atoms with van der Waals surface area (Å²) < 4.78 is 0.584. The molecule has 0 radical (unpaired) electrons. The molecule has 0 atom stereocenters. The van der Waals surface area contributed by atoms with Crippen LogP contribution in [0.25, 0.3) is 6.08 Å². The molecule has 1 heterocycles. The quantitative estimate of drug-likeness (QED) is 0.537. The van der Waals surface area contributed by atoms with Crippen molar-refractivity contribution >= 4 is 51.9 Å². The lowest BCUT2D eigenvalue weighted by atomic mass is 10.2. The molecule has 24 heavy (non-hydrogen) atoms. The van der Waals surface area contributed by atoms with Crippen molar-refractivity contribution in [3.63, 3.8) is 0 Å². The fourth-order valence-electron chi connectivity index (χ4n) is 2.27. The van der Waals surface area contributed by atoms with Crippen LogP contribution in [0.15, 0.2) is 71.7 Å². The molecular weight excluding hydrogens is 358 g/mol. The molecule has 0 saturated carbocycles. The lowest BCUT2D eigenvalue weighted by Crippen LogP contribution is -2.27. The second-order valence-corrected chi connectivity index (χ2v) is 7.24. The minimum atomic E-state index is -0.0577. The third-order valence-corrected chi connectivity index (χ3v) is 5.23. The molecule has 120 valence electrons. The summed E-state index contributed by atoms with van der Waals surface area (Å²) >= 11 is 12.8. The molecule has 0 unspecified atom stereocenters. The van der Waals surface area contributed by atoms with E-state index >= 15 is 0 Å². The zero-order valence-corrected chi connectivity index (χ0v) is 15.1. The molecule has 2 aromatic rings. The minimum absolute atomic E-state index is 0.0577. The Kier molecular flexibility index (Phi) is 5.51. The van der Waals surface area contributed by atoms with Gasteiger partial charge in [0.05, 0.1) is 11.4 Å². The van der Waals surface area contributed by atoms with Crippen molar-refractivity contribution in [2.24, 2.45) is 0 Å².